The molecule has 4 rings (SSSR count). The normalized spacial score (nSPS) is 16.8. The molecule has 152 valence electrons. The van der Waals surface area contributed by atoms with Gasteiger partial charge in [-0.25, -0.2) is 4.39 Å². The molecular formula is C24H21FN2O3. The first kappa shape index (κ1) is 19.6. The number of hydrogen-bond acceptors (Lipinski definition) is 3. The van der Waals surface area contributed by atoms with E-state index in [1.165, 1.54) is 23.1 Å². The highest BCUT2D eigenvalue weighted by molar-refractivity contribution is 5.97. The summed E-state index contributed by atoms with van der Waals surface area (Å²) in [5.41, 5.74) is 1.79. The van der Waals surface area contributed by atoms with Gasteiger partial charge in [-0.1, -0.05) is 48.5 Å². The molecule has 0 spiro atoms. The summed E-state index contributed by atoms with van der Waals surface area (Å²) in [7, 11) is 0. The lowest BCUT2D eigenvalue weighted by atomic mass is 9.95. The van der Waals surface area contributed by atoms with Gasteiger partial charge < -0.3 is 15.0 Å². The summed E-state index contributed by atoms with van der Waals surface area (Å²) in [4.78, 5) is 27.4. The highest BCUT2D eigenvalue weighted by Crippen LogP contribution is 2.36. The molecule has 6 heteroatoms. The van der Waals surface area contributed by atoms with E-state index in [-0.39, 0.29) is 18.4 Å². The van der Waals surface area contributed by atoms with Crippen LogP contribution in [0.5, 0.6) is 5.75 Å². The summed E-state index contributed by atoms with van der Waals surface area (Å²) in [5.74, 6) is -0.589. The molecule has 2 unspecified atom stereocenters. The fourth-order valence-electron chi connectivity index (χ4n) is 3.66. The van der Waals surface area contributed by atoms with Crippen molar-refractivity contribution in [3.05, 3.63) is 95.8 Å². The highest BCUT2D eigenvalue weighted by Gasteiger charge is 2.36. The number of anilines is 1. The minimum atomic E-state index is -0.832. The van der Waals surface area contributed by atoms with E-state index in [1.54, 1.807) is 19.1 Å². The zero-order valence-corrected chi connectivity index (χ0v) is 16.4. The molecule has 0 saturated carbocycles. The third-order valence-corrected chi connectivity index (χ3v) is 5.01. The van der Waals surface area contributed by atoms with Gasteiger partial charge in [0.25, 0.3) is 5.91 Å². The van der Waals surface area contributed by atoms with Crippen molar-refractivity contribution < 1.29 is 18.7 Å². The predicted octanol–water partition coefficient (Wildman–Crippen LogP) is 4.16. The summed E-state index contributed by atoms with van der Waals surface area (Å²) >= 11 is 0. The average Bonchev–Trinajstić information content (AvgIpc) is 2.90. The van der Waals surface area contributed by atoms with Gasteiger partial charge in [0.1, 0.15) is 18.1 Å². The van der Waals surface area contributed by atoms with Crippen LogP contribution in [-0.2, 0) is 9.59 Å². The summed E-state index contributed by atoms with van der Waals surface area (Å²) in [6, 6.07) is 21.8. The van der Waals surface area contributed by atoms with E-state index in [2.05, 4.69) is 5.32 Å². The van der Waals surface area contributed by atoms with Crippen LogP contribution < -0.4 is 10.1 Å². The van der Waals surface area contributed by atoms with E-state index in [9.17, 15) is 14.0 Å². The first-order valence-electron chi connectivity index (χ1n) is 9.69. The van der Waals surface area contributed by atoms with E-state index in [0.29, 0.717) is 17.0 Å². The van der Waals surface area contributed by atoms with Gasteiger partial charge in [0.2, 0.25) is 5.91 Å². The van der Waals surface area contributed by atoms with Gasteiger partial charge in [-0.15, -0.1) is 0 Å². The van der Waals surface area contributed by atoms with Crippen LogP contribution in [-0.4, -0.2) is 29.4 Å². The molecule has 0 fully saturated rings. The molecule has 30 heavy (non-hydrogen) atoms. The number of hydrogen-bond donors (Lipinski definition) is 1. The number of halogens is 1. The first-order valence-corrected chi connectivity index (χ1v) is 9.69. The van der Waals surface area contributed by atoms with Crippen molar-refractivity contribution in [2.75, 3.05) is 11.9 Å². The minimum absolute atomic E-state index is 0.169. The van der Waals surface area contributed by atoms with Gasteiger partial charge in [-0.05, 0) is 42.8 Å². The molecule has 2 amide bonds. The van der Waals surface area contributed by atoms with Crippen molar-refractivity contribution in [1.29, 1.82) is 0 Å². The van der Waals surface area contributed by atoms with E-state index >= 15 is 0 Å². The zero-order valence-electron chi connectivity index (χ0n) is 16.4. The Bertz CT molecular complexity index is 1060. The number of nitrogens with one attached hydrogen (secondary N) is 1. The van der Waals surface area contributed by atoms with Crippen LogP contribution in [0.25, 0.3) is 0 Å². The van der Waals surface area contributed by atoms with Crippen molar-refractivity contribution >= 4 is 17.5 Å². The van der Waals surface area contributed by atoms with Crippen LogP contribution in [0.15, 0.2) is 78.9 Å². The maximum absolute atomic E-state index is 14.1. The molecule has 1 aliphatic heterocycles. The fraction of sp³-hybridized carbons (Fsp3) is 0.167. The Kier molecular flexibility index (Phi) is 5.48. The second-order valence-corrected chi connectivity index (χ2v) is 7.13. The Balaban J connectivity index is 1.75. The monoisotopic (exact) mass is 404 g/mol. The van der Waals surface area contributed by atoms with Gasteiger partial charge >= 0.3 is 0 Å². The zero-order chi connectivity index (χ0) is 21.1. The molecule has 1 heterocycles. The lowest BCUT2D eigenvalue weighted by Crippen LogP contribution is -2.45. The van der Waals surface area contributed by atoms with E-state index < -0.39 is 18.0 Å². The van der Waals surface area contributed by atoms with Crippen molar-refractivity contribution in [2.45, 2.75) is 19.1 Å². The average molecular weight is 404 g/mol. The topological polar surface area (TPSA) is 58.6 Å². The second kappa shape index (κ2) is 8.37. The molecule has 1 aliphatic rings. The van der Waals surface area contributed by atoms with E-state index in [1.807, 2.05) is 48.5 Å². The molecule has 0 bridgehead atoms. The van der Waals surface area contributed by atoms with Gasteiger partial charge in [0.15, 0.2) is 6.10 Å². The Morgan fingerprint density at radius 2 is 1.73 bits per heavy atom. The lowest BCUT2D eigenvalue weighted by Gasteiger charge is -2.32. The van der Waals surface area contributed by atoms with Crippen LogP contribution in [0.2, 0.25) is 0 Å². The number of para-hydroxylation sites is 1. The Morgan fingerprint density at radius 1 is 1.07 bits per heavy atom. The molecule has 0 saturated heterocycles. The number of fused-ring (bicyclic) bond motifs is 1. The molecule has 0 radical (unpaired) electrons. The largest absolute Gasteiger partial charge is 0.481 e. The van der Waals surface area contributed by atoms with E-state index in [4.69, 9.17) is 4.74 Å². The van der Waals surface area contributed by atoms with Gasteiger partial charge in [-0.3, -0.25) is 9.59 Å². The summed E-state index contributed by atoms with van der Waals surface area (Å²) in [5, 5.41) is 2.78. The van der Waals surface area contributed by atoms with Crippen LogP contribution in [0.1, 0.15) is 24.1 Å². The van der Waals surface area contributed by atoms with Crippen LogP contribution >= 0.6 is 0 Å². The van der Waals surface area contributed by atoms with Crippen LogP contribution in [0.3, 0.4) is 0 Å². The van der Waals surface area contributed by atoms with Gasteiger partial charge in [0.05, 0.1) is 6.04 Å². The number of carbonyl (C=O) groups excluding carboxylic acids is 2. The maximum atomic E-state index is 14.1. The standard InChI is InChI=1S/C24H21FN2O3/c1-16(30-19-10-6-3-7-11-19)24(29)27-15-22(28)26-21-13-12-18(25)14-20(21)23(27)17-8-4-2-5-9-17/h2-14,16,23H,15H2,1H3,(H,26,28). The van der Waals surface area contributed by atoms with Crippen molar-refractivity contribution in [2.24, 2.45) is 0 Å². The third kappa shape index (κ3) is 4.03. The first-order chi connectivity index (χ1) is 14.5. The van der Waals surface area contributed by atoms with Crippen LogP contribution in [0, 0.1) is 5.82 Å². The number of nitrogens with zero attached hydrogens (tertiary/aromatic N) is 1. The Hall–Kier alpha value is -3.67. The van der Waals surface area contributed by atoms with Crippen LogP contribution in [0.4, 0.5) is 10.1 Å². The van der Waals surface area contributed by atoms with Gasteiger partial charge in [0, 0.05) is 11.3 Å². The Morgan fingerprint density at radius 3 is 2.43 bits per heavy atom. The molecule has 3 aromatic rings. The number of ether oxygens (including phenoxy) is 1. The minimum Gasteiger partial charge on any atom is -0.481 e. The summed E-state index contributed by atoms with van der Waals surface area (Å²) in [6.07, 6.45) is -0.832. The molecule has 0 aromatic heterocycles. The number of benzene rings is 3. The fourth-order valence-corrected chi connectivity index (χ4v) is 3.66. The number of carbonyl (C=O) groups is 2. The Labute approximate surface area is 174 Å². The van der Waals surface area contributed by atoms with E-state index in [0.717, 1.165) is 5.56 Å². The molecule has 3 aromatic carbocycles. The second-order valence-electron chi connectivity index (χ2n) is 7.13. The van der Waals surface area contributed by atoms with Gasteiger partial charge in [-0.2, -0.15) is 0 Å². The number of rotatable bonds is 4. The van der Waals surface area contributed by atoms with Crippen molar-refractivity contribution in [3.8, 4) is 5.75 Å². The molecule has 5 nitrogen and oxygen atoms in total. The summed E-state index contributed by atoms with van der Waals surface area (Å²) < 4.78 is 20.0. The summed E-state index contributed by atoms with van der Waals surface area (Å²) in [6.45, 7) is 1.48. The smallest absolute Gasteiger partial charge is 0.264 e. The van der Waals surface area contributed by atoms with Crippen molar-refractivity contribution in [3.63, 3.8) is 0 Å². The predicted molar refractivity (Wildman–Crippen MR) is 112 cm³/mol. The molecule has 1 N–H and O–H groups in total. The highest BCUT2D eigenvalue weighted by atomic mass is 19.1. The quantitative estimate of drug-likeness (QED) is 0.710. The van der Waals surface area contributed by atoms with Crippen molar-refractivity contribution in [1.82, 2.24) is 4.90 Å². The molecule has 0 aliphatic carbocycles. The number of amides is 2. The lowest BCUT2D eigenvalue weighted by molar-refractivity contribution is -0.142. The maximum Gasteiger partial charge on any atom is 0.264 e. The third-order valence-electron chi connectivity index (χ3n) is 5.01. The SMILES string of the molecule is CC(Oc1ccccc1)C(=O)N1CC(=O)Nc2ccc(F)cc2C1c1ccccc1. The molecule has 2 atom stereocenters. The molecular weight excluding hydrogens is 383 g/mol.